The molecule has 1 aromatic heterocycles. The molecule has 1 saturated heterocycles. The molecule has 0 unspecified atom stereocenters. The van der Waals surface area contributed by atoms with Gasteiger partial charge in [-0.3, -0.25) is 0 Å². The minimum Gasteiger partial charge on any atom is -0.477 e. The van der Waals surface area contributed by atoms with Gasteiger partial charge in [-0.1, -0.05) is 18.2 Å². The molecule has 0 bridgehead atoms. The first kappa shape index (κ1) is 18.4. The highest BCUT2D eigenvalue weighted by Gasteiger charge is 2.54. The summed E-state index contributed by atoms with van der Waals surface area (Å²) in [6, 6.07) is 11.8. The SMILES string of the molecule is CC1(C)OB(C(F)=C2CC(COc3ccc4ccccc4n3)C2)OC1(C)C. The Balaban J connectivity index is 1.33. The second kappa shape index (κ2) is 6.60. The van der Waals surface area contributed by atoms with Gasteiger partial charge in [0.15, 0.2) is 0 Å². The molecule has 27 heavy (non-hydrogen) atoms. The average molecular weight is 369 g/mol. The normalized spacial score (nSPS) is 23.4. The molecule has 4 rings (SSSR count). The van der Waals surface area contributed by atoms with E-state index in [-0.39, 0.29) is 5.73 Å². The highest BCUT2D eigenvalue weighted by molar-refractivity contribution is 6.53. The molecule has 1 aliphatic carbocycles. The first-order valence-corrected chi connectivity index (χ1v) is 9.47. The van der Waals surface area contributed by atoms with Crippen LogP contribution in [0.3, 0.4) is 0 Å². The summed E-state index contributed by atoms with van der Waals surface area (Å²) in [5.74, 6) is 0.902. The zero-order valence-corrected chi connectivity index (χ0v) is 16.3. The molecular formula is C21H25BFNO3. The maximum absolute atomic E-state index is 14.7. The van der Waals surface area contributed by atoms with Gasteiger partial charge >= 0.3 is 7.12 Å². The van der Waals surface area contributed by atoms with Crippen LogP contribution in [0.4, 0.5) is 4.39 Å². The van der Waals surface area contributed by atoms with E-state index >= 15 is 0 Å². The van der Waals surface area contributed by atoms with Crippen molar-refractivity contribution in [2.24, 2.45) is 5.92 Å². The number of fused-ring (bicyclic) bond motifs is 1. The van der Waals surface area contributed by atoms with Gasteiger partial charge in [0.2, 0.25) is 5.88 Å². The first-order valence-electron chi connectivity index (χ1n) is 9.47. The summed E-state index contributed by atoms with van der Waals surface area (Å²) >= 11 is 0. The lowest BCUT2D eigenvalue weighted by Crippen LogP contribution is -2.41. The van der Waals surface area contributed by atoms with Crippen LogP contribution in [0, 0.1) is 5.92 Å². The van der Waals surface area contributed by atoms with Crippen LogP contribution in [0.5, 0.6) is 5.88 Å². The van der Waals surface area contributed by atoms with Gasteiger partial charge in [0.25, 0.3) is 0 Å². The van der Waals surface area contributed by atoms with Crippen LogP contribution >= 0.6 is 0 Å². The summed E-state index contributed by atoms with van der Waals surface area (Å²) in [5, 5.41) is 1.09. The lowest BCUT2D eigenvalue weighted by atomic mass is 9.73. The lowest BCUT2D eigenvalue weighted by molar-refractivity contribution is 0.00578. The molecule has 4 nitrogen and oxygen atoms in total. The van der Waals surface area contributed by atoms with E-state index in [2.05, 4.69) is 4.98 Å². The molecule has 0 amide bonds. The van der Waals surface area contributed by atoms with Gasteiger partial charge in [0, 0.05) is 17.4 Å². The molecule has 0 N–H and O–H groups in total. The predicted octanol–water partition coefficient (Wildman–Crippen LogP) is 4.88. The summed E-state index contributed by atoms with van der Waals surface area (Å²) in [6.45, 7) is 8.25. The van der Waals surface area contributed by atoms with E-state index in [0.29, 0.717) is 31.2 Å². The van der Waals surface area contributed by atoms with Crippen molar-refractivity contribution in [3.8, 4) is 5.88 Å². The fourth-order valence-electron chi connectivity index (χ4n) is 3.39. The van der Waals surface area contributed by atoms with Crippen LogP contribution < -0.4 is 4.74 Å². The molecule has 0 radical (unpaired) electrons. The number of aromatic nitrogens is 1. The summed E-state index contributed by atoms with van der Waals surface area (Å²) < 4.78 is 32.1. The van der Waals surface area contributed by atoms with Crippen molar-refractivity contribution in [2.75, 3.05) is 6.61 Å². The molecule has 1 saturated carbocycles. The molecule has 2 aromatic rings. The Labute approximate surface area is 159 Å². The molecule has 2 fully saturated rings. The van der Waals surface area contributed by atoms with Crippen molar-refractivity contribution in [3.05, 3.63) is 47.7 Å². The fourth-order valence-corrected chi connectivity index (χ4v) is 3.39. The van der Waals surface area contributed by atoms with Crippen molar-refractivity contribution < 1.29 is 18.4 Å². The van der Waals surface area contributed by atoms with Gasteiger partial charge in [0.05, 0.1) is 23.3 Å². The Morgan fingerprint density at radius 2 is 1.78 bits per heavy atom. The van der Waals surface area contributed by atoms with E-state index in [1.54, 1.807) is 0 Å². The number of halogens is 1. The average Bonchev–Trinajstić information content (AvgIpc) is 2.81. The summed E-state index contributed by atoms with van der Waals surface area (Å²) in [7, 11) is -0.894. The number of benzene rings is 1. The molecule has 2 heterocycles. The van der Waals surface area contributed by atoms with Gasteiger partial charge in [-0.25, -0.2) is 9.37 Å². The molecule has 142 valence electrons. The van der Waals surface area contributed by atoms with Crippen LogP contribution in [-0.2, 0) is 9.31 Å². The number of hydrogen-bond donors (Lipinski definition) is 0. The monoisotopic (exact) mass is 369 g/mol. The Hall–Kier alpha value is -1.92. The second-order valence-corrected chi connectivity index (χ2v) is 8.47. The zero-order chi connectivity index (χ0) is 19.2. The largest absolute Gasteiger partial charge is 0.525 e. The van der Waals surface area contributed by atoms with Crippen molar-refractivity contribution in [3.63, 3.8) is 0 Å². The quantitative estimate of drug-likeness (QED) is 0.721. The van der Waals surface area contributed by atoms with Crippen LogP contribution in [0.1, 0.15) is 40.5 Å². The maximum atomic E-state index is 14.7. The van der Waals surface area contributed by atoms with Gasteiger partial charge in [-0.15, -0.1) is 0 Å². The predicted molar refractivity (Wildman–Crippen MR) is 104 cm³/mol. The molecule has 0 atom stereocenters. The highest BCUT2D eigenvalue weighted by atomic mass is 19.1. The minimum absolute atomic E-state index is 0.270. The Morgan fingerprint density at radius 3 is 2.48 bits per heavy atom. The van der Waals surface area contributed by atoms with Gasteiger partial charge in [-0.05, 0) is 58.2 Å². The van der Waals surface area contributed by atoms with E-state index in [4.69, 9.17) is 14.0 Å². The summed E-state index contributed by atoms with van der Waals surface area (Å²) in [5.41, 5.74) is 0.367. The molecular weight excluding hydrogens is 344 g/mol. The third-order valence-electron chi connectivity index (χ3n) is 5.91. The maximum Gasteiger partial charge on any atom is 0.525 e. The Bertz CT molecular complexity index is 872. The van der Waals surface area contributed by atoms with E-state index in [0.717, 1.165) is 16.5 Å². The molecule has 1 aromatic carbocycles. The van der Waals surface area contributed by atoms with Crippen LogP contribution in [0.2, 0.25) is 0 Å². The van der Waals surface area contributed by atoms with E-state index in [1.165, 1.54) is 0 Å². The number of nitrogens with zero attached hydrogens (tertiary/aromatic N) is 1. The summed E-state index contributed by atoms with van der Waals surface area (Å²) in [6.07, 6.45) is 1.34. The second-order valence-electron chi connectivity index (χ2n) is 8.47. The van der Waals surface area contributed by atoms with Crippen LogP contribution in [0.15, 0.2) is 47.7 Å². The highest BCUT2D eigenvalue weighted by Crippen LogP contribution is 2.43. The van der Waals surface area contributed by atoms with Crippen molar-refractivity contribution in [1.82, 2.24) is 4.98 Å². The molecule has 1 aliphatic heterocycles. The van der Waals surface area contributed by atoms with Crippen molar-refractivity contribution in [2.45, 2.75) is 51.7 Å². The Kier molecular flexibility index (Phi) is 4.51. The Morgan fingerprint density at radius 1 is 1.11 bits per heavy atom. The van der Waals surface area contributed by atoms with Crippen LogP contribution in [0.25, 0.3) is 10.9 Å². The van der Waals surface area contributed by atoms with Gasteiger partial charge in [0.1, 0.15) is 5.73 Å². The van der Waals surface area contributed by atoms with E-state index in [9.17, 15) is 4.39 Å². The van der Waals surface area contributed by atoms with Gasteiger partial charge < -0.3 is 14.0 Å². The molecule has 2 aliphatic rings. The van der Waals surface area contributed by atoms with Crippen molar-refractivity contribution >= 4 is 18.0 Å². The zero-order valence-electron chi connectivity index (χ0n) is 16.3. The molecule has 0 spiro atoms. The standard InChI is InChI=1S/C21H25BFNO3/c1-20(2)21(3,4)27-22(26-20)19(23)16-11-14(12-16)13-25-18-10-9-15-7-5-6-8-17(15)24-18/h5-10,14H,11-13H2,1-4H3. The summed E-state index contributed by atoms with van der Waals surface area (Å²) in [4.78, 5) is 4.51. The van der Waals surface area contributed by atoms with E-state index in [1.807, 2.05) is 64.1 Å². The minimum atomic E-state index is -0.894. The number of para-hydroxylation sites is 1. The van der Waals surface area contributed by atoms with Crippen molar-refractivity contribution in [1.29, 1.82) is 0 Å². The number of allylic oxidation sites excluding steroid dienone is 1. The smallest absolute Gasteiger partial charge is 0.477 e. The topological polar surface area (TPSA) is 40.6 Å². The third-order valence-corrected chi connectivity index (χ3v) is 5.91. The number of pyridine rings is 1. The number of ether oxygens (including phenoxy) is 1. The lowest BCUT2D eigenvalue weighted by Gasteiger charge is -2.32. The number of hydrogen-bond acceptors (Lipinski definition) is 4. The van der Waals surface area contributed by atoms with Crippen LogP contribution in [-0.4, -0.2) is 29.9 Å². The number of rotatable bonds is 4. The first-order chi connectivity index (χ1) is 12.7. The fraction of sp³-hybridized carbons (Fsp3) is 0.476. The molecule has 6 heteroatoms. The third kappa shape index (κ3) is 3.48. The van der Waals surface area contributed by atoms with E-state index < -0.39 is 18.3 Å². The van der Waals surface area contributed by atoms with Gasteiger partial charge in [-0.2, -0.15) is 0 Å².